The molecule has 1 aliphatic heterocycles. The average molecular weight is 339 g/mol. The fourth-order valence-corrected chi connectivity index (χ4v) is 4.19. The maximum Gasteiger partial charge on any atom is 0.261 e. The Balaban J connectivity index is 2.62. The van der Waals surface area contributed by atoms with Crippen molar-refractivity contribution in [3.05, 3.63) is 34.4 Å². The van der Waals surface area contributed by atoms with Crippen LogP contribution in [0.5, 0.6) is 0 Å². The zero-order chi connectivity index (χ0) is 18.9. The Hall–Kier alpha value is -2.28. The van der Waals surface area contributed by atoms with E-state index < -0.39 is 0 Å². The van der Waals surface area contributed by atoms with E-state index in [1.54, 1.807) is 6.08 Å². The zero-order valence-corrected chi connectivity index (χ0v) is 16.4. The van der Waals surface area contributed by atoms with Crippen molar-refractivity contribution < 1.29 is 4.79 Å². The third kappa shape index (κ3) is 3.56. The molecule has 0 unspecified atom stereocenters. The molecule has 0 saturated heterocycles. The van der Waals surface area contributed by atoms with Gasteiger partial charge in [0.15, 0.2) is 0 Å². The fourth-order valence-electron chi connectivity index (χ4n) is 4.19. The molecule has 1 aliphatic rings. The van der Waals surface area contributed by atoms with Crippen molar-refractivity contribution in [1.29, 1.82) is 5.26 Å². The highest BCUT2D eigenvalue weighted by molar-refractivity contribution is 6.01. The van der Waals surface area contributed by atoms with E-state index in [4.69, 9.17) is 0 Å². The molecule has 1 heterocycles. The van der Waals surface area contributed by atoms with Crippen molar-refractivity contribution >= 4 is 17.7 Å². The molecule has 0 aromatic heterocycles. The van der Waals surface area contributed by atoms with E-state index in [9.17, 15) is 10.1 Å². The van der Waals surface area contributed by atoms with Crippen molar-refractivity contribution in [3.8, 4) is 6.07 Å². The first-order valence-electron chi connectivity index (χ1n) is 8.90. The largest absolute Gasteiger partial charge is 0.364 e. The van der Waals surface area contributed by atoms with Crippen molar-refractivity contribution in [2.45, 2.75) is 65.5 Å². The number of amides is 1. The highest BCUT2D eigenvalue weighted by Crippen LogP contribution is 2.45. The molecule has 1 aromatic rings. The van der Waals surface area contributed by atoms with Crippen LogP contribution in [0.3, 0.4) is 0 Å². The van der Waals surface area contributed by atoms with Gasteiger partial charge in [-0.15, -0.1) is 0 Å². The maximum absolute atomic E-state index is 11.8. The number of aryl methyl sites for hydroxylation is 1. The molecule has 0 saturated carbocycles. The number of nitrogens with one attached hydrogen (secondary N) is 1. The number of hydrogen-bond acceptors (Lipinski definition) is 3. The fraction of sp³-hybridized carbons (Fsp3) is 0.524. The molecule has 4 heteroatoms. The topological polar surface area (TPSA) is 56.1 Å². The lowest BCUT2D eigenvalue weighted by molar-refractivity contribution is -0.116. The Kier molecular flexibility index (Phi) is 5.27. The van der Waals surface area contributed by atoms with Gasteiger partial charge in [-0.1, -0.05) is 6.92 Å². The number of hydrogen-bond donors (Lipinski definition) is 1. The monoisotopic (exact) mass is 339 g/mol. The first-order valence-corrected chi connectivity index (χ1v) is 8.90. The zero-order valence-electron chi connectivity index (χ0n) is 16.4. The second kappa shape index (κ2) is 6.92. The second-order valence-corrected chi connectivity index (χ2v) is 7.90. The molecule has 0 aliphatic carbocycles. The summed E-state index contributed by atoms with van der Waals surface area (Å²) in [6.45, 7) is 13.3. The van der Waals surface area contributed by atoms with Gasteiger partial charge >= 0.3 is 0 Å². The Labute approximate surface area is 151 Å². The molecule has 1 atom stereocenters. The Bertz CT molecular complexity index is 753. The molecule has 0 fully saturated rings. The van der Waals surface area contributed by atoms with Gasteiger partial charge in [-0.25, -0.2) is 0 Å². The van der Waals surface area contributed by atoms with Gasteiger partial charge in [-0.3, -0.25) is 4.79 Å². The van der Waals surface area contributed by atoms with Crippen LogP contribution < -0.4 is 10.2 Å². The van der Waals surface area contributed by atoms with E-state index >= 15 is 0 Å². The molecule has 1 amide bonds. The number of likely N-dealkylation sites (N-methyl/N-ethyl adjacent to an activating group) is 1. The van der Waals surface area contributed by atoms with E-state index in [2.05, 4.69) is 57.0 Å². The number of benzene rings is 1. The lowest BCUT2D eigenvalue weighted by Gasteiger charge is -2.50. The Morgan fingerprint density at radius 2 is 2.08 bits per heavy atom. The number of carbonyl (C=O) groups is 1. The normalized spacial score (nSPS) is 19.4. The van der Waals surface area contributed by atoms with Crippen LogP contribution in [0.15, 0.2) is 17.7 Å². The summed E-state index contributed by atoms with van der Waals surface area (Å²) in [6.07, 6.45) is 2.77. The first kappa shape index (κ1) is 19.1. The van der Waals surface area contributed by atoms with E-state index in [0.717, 1.165) is 17.5 Å². The molecule has 1 N–H and O–H groups in total. The molecule has 1 aromatic carbocycles. The maximum atomic E-state index is 11.8. The third-order valence-corrected chi connectivity index (χ3v) is 5.07. The van der Waals surface area contributed by atoms with Crippen LogP contribution in [0.25, 0.3) is 6.08 Å². The second-order valence-electron chi connectivity index (χ2n) is 7.90. The number of anilines is 1. The summed E-state index contributed by atoms with van der Waals surface area (Å²) in [5, 5.41) is 11.8. The number of rotatable bonds is 3. The summed E-state index contributed by atoms with van der Waals surface area (Å²) in [5.41, 5.74) is 4.81. The molecule has 0 radical (unpaired) electrons. The minimum Gasteiger partial charge on any atom is -0.364 e. The number of carbonyl (C=O) groups excluding carboxylic acids is 1. The third-order valence-electron chi connectivity index (χ3n) is 5.07. The van der Waals surface area contributed by atoms with Gasteiger partial charge in [0.05, 0.1) is 0 Å². The summed E-state index contributed by atoms with van der Waals surface area (Å²) in [4.78, 5) is 14.3. The SMILES string of the molecule is CNC(=O)/C(C#N)=C\c1cc2c(cc1C)N(C(C)C)C(C)(C)C[C@@H]2C. The standard InChI is InChI=1S/C21H29N3O/c1-13(2)24-19-8-14(3)16(9-17(12-22)20(25)23-7)10-18(19)15(4)11-21(24,5)6/h8-10,13,15H,11H2,1-7H3,(H,23,25)/b17-9-/t15-/m0/s1. The first-order chi connectivity index (χ1) is 11.6. The van der Waals surface area contributed by atoms with Crippen LogP contribution in [-0.4, -0.2) is 24.5 Å². The van der Waals surface area contributed by atoms with Gasteiger partial charge in [0.1, 0.15) is 11.6 Å². The van der Waals surface area contributed by atoms with Crippen LogP contribution in [0, 0.1) is 18.3 Å². The smallest absolute Gasteiger partial charge is 0.261 e. The van der Waals surface area contributed by atoms with Gasteiger partial charge in [0, 0.05) is 24.3 Å². The predicted octanol–water partition coefficient (Wildman–Crippen LogP) is 4.15. The van der Waals surface area contributed by atoms with Gasteiger partial charge < -0.3 is 10.2 Å². The lowest BCUT2D eigenvalue weighted by Crippen LogP contribution is -2.51. The van der Waals surface area contributed by atoms with Crippen LogP contribution >= 0.6 is 0 Å². The summed E-state index contributed by atoms with van der Waals surface area (Å²) in [6, 6.07) is 6.76. The van der Waals surface area contributed by atoms with E-state index in [1.807, 2.05) is 13.0 Å². The molecule has 134 valence electrons. The van der Waals surface area contributed by atoms with Crippen LogP contribution in [0.2, 0.25) is 0 Å². The van der Waals surface area contributed by atoms with Crippen LogP contribution in [0.4, 0.5) is 5.69 Å². The summed E-state index contributed by atoms with van der Waals surface area (Å²) < 4.78 is 0. The van der Waals surface area contributed by atoms with Crippen molar-refractivity contribution in [1.82, 2.24) is 5.32 Å². The predicted molar refractivity (Wildman–Crippen MR) is 104 cm³/mol. The quantitative estimate of drug-likeness (QED) is 0.665. The minimum atomic E-state index is -0.349. The van der Waals surface area contributed by atoms with E-state index in [0.29, 0.717) is 12.0 Å². The molecule has 0 spiro atoms. The number of nitriles is 1. The van der Waals surface area contributed by atoms with Gasteiger partial charge in [0.2, 0.25) is 0 Å². The highest BCUT2D eigenvalue weighted by Gasteiger charge is 2.37. The summed E-state index contributed by atoms with van der Waals surface area (Å²) in [5.74, 6) is 0.0795. The molecule has 0 bridgehead atoms. The summed E-state index contributed by atoms with van der Waals surface area (Å²) in [7, 11) is 1.54. The molecule has 2 rings (SSSR count). The molecule has 25 heavy (non-hydrogen) atoms. The van der Waals surface area contributed by atoms with Crippen molar-refractivity contribution in [3.63, 3.8) is 0 Å². The number of nitrogens with zero attached hydrogens (tertiary/aromatic N) is 2. The summed E-state index contributed by atoms with van der Waals surface area (Å²) >= 11 is 0. The van der Waals surface area contributed by atoms with Crippen molar-refractivity contribution in [2.75, 3.05) is 11.9 Å². The van der Waals surface area contributed by atoms with E-state index in [1.165, 1.54) is 18.3 Å². The van der Waals surface area contributed by atoms with E-state index in [-0.39, 0.29) is 17.0 Å². The van der Waals surface area contributed by atoms with Crippen LogP contribution in [-0.2, 0) is 4.79 Å². The van der Waals surface area contributed by atoms with Crippen LogP contribution in [0.1, 0.15) is 63.6 Å². The Morgan fingerprint density at radius 3 is 2.60 bits per heavy atom. The lowest BCUT2D eigenvalue weighted by atomic mass is 9.78. The van der Waals surface area contributed by atoms with Gasteiger partial charge in [0.25, 0.3) is 5.91 Å². The minimum absolute atomic E-state index is 0.101. The average Bonchev–Trinajstić information content (AvgIpc) is 2.51. The molecular weight excluding hydrogens is 310 g/mol. The number of fused-ring (bicyclic) bond motifs is 1. The van der Waals surface area contributed by atoms with Gasteiger partial charge in [-0.05, 0) is 81.9 Å². The highest BCUT2D eigenvalue weighted by atomic mass is 16.1. The van der Waals surface area contributed by atoms with Crippen molar-refractivity contribution in [2.24, 2.45) is 0 Å². The molecular formula is C21H29N3O. The van der Waals surface area contributed by atoms with Gasteiger partial charge in [-0.2, -0.15) is 5.26 Å². The Morgan fingerprint density at radius 1 is 1.44 bits per heavy atom. The molecule has 4 nitrogen and oxygen atoms in total.